The molecule has 0 saturated heterocycles. The number of rotatable bonds is 3. The van der Waals surface area contributed by atoms with Gasteiger partial charge in [0.2, 0.25) is 0 Å². The third-order valence-corrected chi connectivity index (χ3v) is 4.01. The zero-order chi connectivity index (χ0) is 10.9. The third kappa shape index (κ3) is 2.18. The third-order valence-electron chi connectivity index (χ3n) is 3.03. The molecule has 0 aliphatic carbocycles. The number of hydrogen-bond acceptors (Lipinski definition) is 2. The molecule has 1 atom stereocenters. The first-order chi connectivity index (χ1) is 6.38. The zero-order valence-electron chi connectivity index (χ0n) is 9.72. The number of aliphatic hydroxyl groups is 1. The summed E-state index contributed by atoms with van der Waals surface area (Å²) in [6.45, 7) is 10.5. The number of thiophene rings is 1. The first kappa shape index (κ1) is 11.7. The fraction of sp³-hybridized carbons (Fsp3) is 0.667. The maximum absolute atomic E-state index is 10.2. The lowest BCUT2D eigenvalue weighted by Gasteiger charge is -2.29. The minimum absolute atomic E-state index is 0.0295. The van der Waals surface area contributed by atoms with E-state index in [1.165, 1.54) is 9.75 Å². The number of aryl methyl sites for hydroxylation is 2. The van der Waals surface area contributed by atoms with E-state index < -0.39 is 0 Å². The van der Waals surface area contributed by atoms with Crippen LogP contribution in [-0.4, -0.2) is 5.11 Å². The van der Waals surface area contributed by atoms with Crippen molar-refractivity contribution in [2.45, 2.75) is 47.1 Å². The molecule has 1 N–H and O–H groups in total. The van der Waals surface area contributed by atoms with Crippen molar-refractivity contribution < 1.29 is 5.11 Å². The van der Waals surface area contributed by atoms with Gasteiger partial charge in [0.1, 0.15) is 0 Å². The number of hydrogen-bond donors (Lipinski definition) is 1. The van der Waals surface area contributed by atoms with Crippen LogP contribution in [0.15, 0.2) is 6.07 Å². The Morgan fingerprint density at radius 2 is 2.00 bits per heavy atom. The summed E-state index contributed by atoms with van der Waals surface area (Å²) in [5.41, 5.74) is 1.08. The largest absolute Gasteiger partial charge is 0.388 e. The molecule has 0 amide bonds. The van der Waals surface area contributed by atoms with Crippen molar-refractivity contribution in [1.29, 1.82) is 0 Å². The van der Waals surface area contributed by atoms with Crippen molar-refractivity contribution in [3.63, 3.8) is 0 Å². The SMILES string of the molecule is CCC(C)(C)C(O)c1cc(C)sc1C. The van der Waals surface area contributed by atoms with Gasteiger partial charge in [-0.1, -0.05) is 20.8 Å². The van der Waals surface area contributed by atoms with Crippen LogP contribution < -0.4 is 0 Å². The van der Waals surface area contributed by atoms with Crippen LogP contribution in [0.5, 0.6) is 0 Å². The van der Waals surface area contributed by atoms with Gasteiger partial charge in [-0.05, 0) is 37.3 Å². The maximum Gasteiger partial charge on any atom is 0.0851 e. The first-order valence-corrected chi connectivity index (χ1v) is 5.95. The molecule has 1 unspecified atom stereocenters. The Bertz CT molecular complexity index is 312. The average Bonchev–Trinajstić information content (AvgIpc) is 2.44. The van der Waals surface area contributed by atoms with Gasteiger partial charge in [0.15, 0.2) is 0 Å². The molecule has 0 fully saturated rings. The lowest BCUT2D eigenvalue weighted by molar-refractivity contribution is 0.0464. The monoisotopic (exact) mass is 212 g/mol. The summed E-state index contributed by atoms with van der Waals surface area (Å²) in [6.07, 6.45) is 0.653. The van der Waals surface area contributed by atoms with Crippen molar-refractivity contribution in [2.75, 3.05) is 0 Å². The Balaban J connectivity index is 3.00. The molecule has 1 rings (SSSR count). The Morgan fingerprint density at radius 3 is 2.36 bits per heavy atom. The second-order valence-corrected chi connectivity index (χ2v) is 6.07. The quantitative estimate of drug-likeness (QED) is 0.807. The fourth-order valence-corrected chi connectivity index (χ4v) is 2.49. The minimum Gasteiger partial charge on any atom is -0.388 e. The van der Waals surface area contributed by atoms with Crippen LogP contribution in [0, 0.1) is 19.3 Å². The van der Waals surface area contributed by atoms with Gasteiger partial charge in [-0.3, -0.25) is 0 Å². The molecule has 80 valence electrons. The molecule has 0 saturated carbocycles. The molecule has 0 spiro atoms. The van der Waals surface area contributed by atoms with Crippen molar-refractivity contribution in [1.82, 2.24) is 0 Å². The lowest BCUT2D eigenvalue weighted by atomic mass is 9.80. The van der Waals surface area contributed by atoms with E-state index in [1.807, 2.05) is 0 Å². The summed E-state index contributed by atoms with van der Waals surface area (Å²) in [7, 11) is 0. The zero-order valence-corrected chi connectivity index (χ0v) is 10.5. The highest BCUT2D eigenvalue weighted by Crippen LogP contribution is 2.39. The second kappa shape index (κ2) is 4.03. The summed E-state index contributed by atoms with van der Waals surface area (Å²) < 4.78 is 0. The van der Waals surface area contributed by atoms with Gasteiger partial charge < -0.3 is 5.11 Å². The van der Waals surface area contributed by atoms with E-state index >= 15 is 0 Å². The van der Waals surface area contributed by atoms with Gasteiger partial charge in [0.25, 0.3) is 0 Å². The fourth-order valence-electron chi connectivity index (χ4n) is 1.54. The molecule has 0 radical (unpaired) electrons. The van der Waals surface area contributed by atoms with Crippen molar-refractivity contribution in [3.8, 4) is 0 Å². The van der Waals surface area contributed by atoms with Crippen LogP contribution in [0.1, 0.15) is 48.6 Å². The predicted octanol–water partition coefficient (Wildman–Crippen LogP) is 3.83. The standard InChI is InChI=1S/C12H20OS/c1-6-12(4,5)11(13)10-7-8(2)14-9(10)3/h7,11,13H,6H2,1-5H3. The van der Waals surface area contributed by atoms with Crippen molar-refractivity contribution in [2.24, 2.45) is 5.41 Å². The Hall–Kier alpha value is -0.340. The normalized spacial score (nSPS) is 14.4. The molecule has 1 aromatic heterocycles. The van der Waals surface area contributed by atoms with Gasteiger partial charge in [0.05, 0.1) is 6.10 Å². The van der Waals surface area contributed by atoms with E-state index in [1.54, 1.807) is 11.3 Å². The van der Waals surface area contributed by atoms with Gasteiger partial charge in [-0.2, -0.15) is 0 Å². The van der Waals surface area contributed by atoms with Crippen molar-refractivity contribution >= 4 is 11.3 Å². The van der Waals surface area contributed by atoms with E-state index in [0.29, 0.717) is 0 Å². The molecule has 1 nitrogen and oxygen atoms in total. The van der Waals surface area contributed by atoms with E-state index in [4.69, 9.17) is 0 Å². The summed E-state index contributed by atoms with van der Waals surface area (Å²) >= 11 is 1.76. The first-order valence-electron chi connectivity index (χ1n) is 5.13. The number of aliphatic hydroxyl groups excluding tert-OH is 1. The van der Waals surface area contributed by atoms with E-state index in [-0.39, 0.29) is 11.5 Å². The van der Waals surface area contributed by atoms with Gasteiger partial charge in [-0.25, -0.2) is 0 Å². The van der Waals surface area contributed by atoms with Gasteiger partial charge in [-0.15, -0.1) is 11.3 Å². The van der Waals surface area contributed by atoms with Crippen LogP contribution >= 0.6 is 11.3 Å². The molecule has 0 bridgehead atoms. The van der Waals surface area contributed by atoms with E-state index in [2.05, 4.69) is 40.7 Å². The van der Waals surface area contributed by atoms with Crippen LogP contribution in [-0.2, 0) is 0 Å². The van der Waals surface area contributed by atoms with Crippen LogP contribution in [0.25, 0.3) is 0 Å². The summed E-state index contributed by atoms with van der Waals surface area (Å²) in [5, 5.41) is 10.2. The van der Waals surface area contributed by atoms with Crippen molar-refractivity contribution in [3.05, 3.63) is 21.4 Å². The molecular formula is C12H20OS. The predicted molar refractivity (Wildman–Crippen MR) is 62.8 cm³/mol. The summed E-state index contributed by atoms with van der Waals surface area (Å²) in [6, 6.07) is 2.11. The Morgan fingerprint density at radius 1 is 1.43 bits per heavy atom. The topological polar surface area (TPSA) is 20.2 Å². The highest BCUT2D eigenvalue weighted by Gasteiger charge is 2.28. The minimum atomic E-state index is -0.336. The molecule has 0 aromatic carbocycles. The molecule has 2 heteroatoms. The van der Waals surface area contributed by atoms with Crippen LogP contribution in [0.2, 0.25) is 0 Å². The molecule has 0 aliphatic rings. The highest BCUT2D eigenvalue weighted by atomic mass is 32.1. The molecule has 1 aromatic rings. The van der Waals surface area contributed by atoms with E-state index in [0.717, 1.165) is 12.0 Å². The van der Waals surface area contributed by atoms with E-state index in [9.17, 15) is 5.11 Å². The maximum atomic E-state index is 10.2. The van der Waals surface area contributed by atoms with Crippen LogP contribution in [0.3, 0.4) is 0 Å². The summed E-state index contributed by atoms with van der Waals surface area (Å²) in [5.74, 6) is 0. The molecule has 14 heavy (non-hydrogen) atoms. The second-order valence-electron chi connectivity index (χ2n) is 4.61. The lowest BCUT2D eigenvalue weighted by Crippen LogP contribution is -2.21. The summed E-state index contributed by atoms with van der Waals surface area (Å²) in [4.78, 5) is 2.53. The Kier molecular flexibility index (Phi) is 3.38. The van der Waals surface area contributed by atoms with Gasteiger partial charge >= 0.3 is 0 Å². The van der Waals surface area contributed by atoms with Crippen LogP contribution in [0.4, 0.5) is 0 Å². The van der Waals surface area contributed by atoms with Gasteiger partial charge in [0, 0.05) is 9.75 Å². The average molecular weight is 212 g/mol. The highest BCUT2D eigenvalue weighted by molar-refractivity contribution is 7.12. The Labute approximate surface area is 90.8 Å². The molecule has 1 heterocycles. The molecule has 0 aliphatic heterocycles. The molecular weight excluding hydrogens is 192 g/mol. The smallest absolute Gasteiger partial charge is 0.0851 e.